The number of nitrogens with zero attached hydrogens (tertiary/aromatic N) is 3. The van der Waals surface area contributed by atoms with E-state index in [1.54, 1.807) is 0 Å². The number of rotatable bonds is 0. The van der Waals surface area contributed by atoms with Crippen molar-refractivity contribution in [2.75, 3.05) is 26.2 Å². The molecule has 0 spiro atoms. The van der Waals surface area contributed by atoms with Gasteiger partial charge in [-0.15, -0.1) is 0 Å². The molecule has 80 valence electrons. The van der Waals surface area contributed by atoms with Gasteiger partial charge in [0.15, 0.2) is 0 Å². The van der Waals surface area contributed by atoms with Crippen LogP contribution in [0.25, 0.3) is 5.32 Å². The predicted octanol–water partition coefficient (Wildman–Crippen LogP) is 2.10. The first-order chi connectivity index (χ1) is 6.38. The Labute approximate surface area is 86.6 Å². The maximum atomic E-state index is 4.55. The Morgan fingerprint density at radius 1 is 1.14 bits per heavy atom. The molecule has 0 unspecified atom stereocenters. The van der Waals surface area contributed by atoms with Gasteiger partial charge < -0.3 is 15.2 Å². The van der Waals surface area contributed by atoms with Crippen LogP contribution in [0.2, 0.25) is 0 Å². The van der Waals surface area contributed by atoms with E-state index in [0.717, 1.165) is 32.1 Å². The average molecular weight is 194 g/mol. The fourth-order valence-electron chi connectivity index (χ4n) is 2.15. The van der Waals surface area contributed by atoms with Gasteiger partial charge in [0, 0.05) is 5.96 Å². The van der Waals surface area contributed by atoms with Crippen molar-refractivity contribution >= 4 is 5.96 Å². The van der Waals surface area contributed by atoms with Gasteiger partial charge >= 0.3 is 0 Å². The highest BCUT2D eigenvalue weighted by atomic mass is 15.3. The van der Waals surface area contributed by atoms with Gasteiger partial charge in [0.25, 0.3) is 0 Å². The molecule has 1 fully saturated rings. The lowest BCUT2D eigenvalue weighted by atomic mass is 9.87. The van der Waals surface area contributed by atoms with E-state index in [0.29, 0.717) is 10.8 Å². The second-order valence-electron chi connectivity index (χ2n) is 6.12. The Morgan fingerprint density at radius 2 is 1.79 bits per heavy atom. The summed E-state index contributed by atoms with van der Waals surface area (Å²) in [5.74, 6) is 0.989. The zero-order valence-electron chi connectivity index (χ0n) is 9.67. The quantitative estimate of drug-likeness (QED) is 0.580. The van der Waals surface area contributed by atoms with E-state index in [2.05, 4.69) is 42.9 Å². The van der Waals surface area contributed by atoms with Crippen molar-refractivity contribution in [1.82, 2.24) is 4.90 Å². The van der Waals surface area contributed by atoms with E-state index in [1.807, 2.05) is 0 Å². The highest BCUT2D eigenvalue weighted by molar-refractivity contribution is 5.93. The molecule has 0 aromatic heterocycles. The molecule has 0 amide bonds. The van der Waals surface area contributed by atoms with E-state index in [1.165, 1.54) is 0 Å². The number of fused-ring (bicyclic) bond motifs is 1. The lowest BCUT2D eigenvalue weighted by Crippen LogP contribution is -2.52. The van der Waals surface area contributed by atoms with Gasteiger partial charge in [-0.2, -0.15) is 0 Å². The highest BCUT2D eigenvalue weighted by Crippen LogP contribution is 2.32. The summed E-state index contributed by atoms with van der Waals surface area (Å²) in [5, 5.41) is 4.55. The molecule has 14 heavy (non-hydrogen) atoms. The van der Waals surface area contributed by atoms with Crippen molar-refractivity contribution in [2.24, 2.45) is 15.8 Å². The molecule has 1 saturated heterocycles. The Kier molecular flexibility index (Phi) is 2.02. The molecule has 0 atom stereocenters. The number of aliphatic imine (C=N–C) groups is 1. The minimum Gasteiger partial charge on any atom is -0.425 e. The zero-order valence-corrected chi connectivity index (χ0v) is 9.67. The van der Waals surface area contributed by atoms with Gasteiger partial charge in [-0.3, -0.25) is 0 Å². The molecule has 2 aliphatic rings. The summed E-state index contributed by atoms with van der Waals surface area (Å²) in [6, 6.07) is 0. The van der Waals surface area contributed by atoms with Crippen LogP contribution in [0.3, 0.4) is 0 Å². The van der Waals surface area contributed by atoms with E-state index >= 15 is 0 Å². The van der Waals surface area contributed by atoms with E-state index < -0.39 is 0 Å². The Hall–Kier alpha value is -0.730. The smallest absolute Gasteiger partial charge is 0.00920 e. The zero-order chi connectivity index (χ0) is 10.4. The van der Waals surface area contributed by atoms with Crippen molar-refractivity contribution in [3.8, 4) is 0 Å². The molecule has 2 heterocycles. The van der Waals surface area contributed by atoms with Gasteiger partial charge in [0.1, 0.15) is 0 Å². The van der Waals surface area contributed by atoms with Crippen LogP contribution in [-0.2, 0) is 0 Å². The molecule has 3 heteroatoms. The normalized spacial score (nSPS) is 28.9. The van der Waals surface area contributed by atoms with Gasteiger partial charge in [-0.25, -0.2) is 0 Å². The first kappa shape index (κ1) is 9.81. The molecule has 0 N–H and O–H groups in total. The Balaban J connectivity index is 2.15. The molecular weight excluding hydrogens is 174 g/mol. The number of hydrogen-bond acceptors (Lipinski definition) is 2. The molecule has 2 rings (SSSR count). The third-order valence-electron chi connectivity index (χ3n) is 2.82. The van der Waals surface area contributed by atoms with Crippen LogP contribution in [0, 0.1) is 10.8 Å². The van der Waals surface area contributed by atoms with Crippen LogP contribution >= 0.6 is 0 Å². The fraction of sp³-hybridized carbons (Fsp3) is 0.909. The van der Waals surface area contributed by atoms with E-state index in [9.17, 15) is 0 Å². The minimum absolute atomic E-state index is 0.312. The second kappa shape index (κ2) is 2.88. The summed E-state index contributed by atoms with van der Waals surface area (Å²) < 4.78 is 0. The van der Waals surface area contributed by atoms with Crippen molar-refractivity contribution in [2.45, 2.75) is 27.7 Å². The van der Waals surface area contributed by atoms with Crippen LogP contribution in [0.1, 0.15) is 27.7 Å². The molecule has 0 aromatic rings. The summed E-state index contributed by atoms with van der Waals surface area (Å²) in [6.07, 6.45) is 0. The molecule has 0 aromatic carbocycles. The number of hydrogen-bond donors (Lipinski definition) is 0. The topological polar surface area (TPSA) is 29.7 Å². The SMILES string of the molecule is CC1(C)CN=C2[N-]CC(C)(C)CN2C1. The lowest BCUT2D eigenvalue weighted by Gasteiger charge is -2.53. The Bertz CT molecular complexity index is 266. The maximum Gasteiger partial charge on any atom is 0.00920 e. The van der Waals surface area contributed by atoms with Crippen LogP contribution in [0.5, 0.6) is 0 Å². The highest BCUT2D eigenvalue weighted by Gasteiger charge is 2.30. The van der Waals surface area contributed by atoms with Crippen molar-refractivity contribution in [1.29, 1.82) is 0 Å². The van der Waals surface area contributed by atoms with Crippen LogP contribution < -0.4 is 0 Å². The van der Waals surface area contributed by atoms with Gasteiger partial charge in [0.2, 0.25) is 0 Å². The lowest BCUT2D eigenvalue weighted by molar-refractivity contribution is 0.176. The fourth-order valence-corrected chi connectivity index (χ4v) is 2.15. The molecule has 0 saturated carbocycles. The van der Waals surface area contributed by atoms with Crippen molar-refractivity contribution in [3.05, 3.63) is 5.32 Å². The van der Waals surface area contributed by atoms with Crippen LogP contribution in [-0.4, -0.2) is 37.0 Å². The van der Waals surface area contributed by atoms with Gasteiger partial charge in [-0.1, -0.05) is 27.7 Å². The van der Waals surface area contributed by atoms with E-state index in [-0.39, 0.29) is 0 Å². The summed E-state index contributed by atoms with van der Waals surface area (Å²) in [5.41, 5.74) is 0.624. The molecular formula is C11H20N3-. The maximum absolute atomic E-state index is 4.55. The largest absolute Gasteiger partial charge is 0.425 e. The summed E-state index contributed by atoms with van der Waals surface area (Å²) >= 11 is 0. The van der Waals surface area contributed by atoms with Gasteiger partial charge in [0.05, 0.1) is 0 Å². The molecule has 2 aliphatic heterocycles. The van der Waals surface area contributed by atoms with Crippen LogP contribution in [0.15, 0.2) is 4.99 Å². The van der Waals surface area contributed by atoms with Crippen LogP contribution in [0.4, 0.5) is 0 Å². The molecule has 0 radical (unpaired) electrons. The van der Waals surface area contributed by atoms with E-state index in [4.69, 9.17) is 0 Å². The third-order valence-corrected chi connectivity index (χ3v) is 2.82. The standard InChI is InChI=1S/C11H20N3/c1-10(2)5-12-9-13-6-11(3,4)8-14(9)7-10/h5-8H2,1-4H3/q-1. The van der Waals surface area contributed by atoms with Crippen molar-refractivity contribution < 1.29 is 0 Å². The summed E-state index contributed by atoms with van der Waals surface area (Å²) in [4.78, 5) is 6.89. The van der Waals surface area contributed by atoms with Crippen molar-refractivity contribution in [3.63, 3.8) is 0 Å². The first-order valence-corrected chi connectivity index (χ1v) is 5.35. The summed E-state index contributed by atoms with van der Waals surface area (Å²) in [7, 11) is 0. The molecule has 3 nitrogen and oxygen atoms in total. The molecule has 0 aliphatic carbocycles. The molecule has 0 bridgehead atoms. The third kappa shape index (κ3) is 1.86. The Morgan fingerprint density at radius 3 is 2.50 bits per heavy atom. The monoisotopic (exact) mass is 194 g/mol. The number of guanidine groups is 1. The minimum atomic E-state index is 0.312. The predicted molar refractivity (Wildman–Crippen MR) is 59.7 cm³/mol. The summed E-state index contributed by atoms with van der Waals surface area (Å²) in [6.45, 7) is 13.1. The average Bonchev–Trinajstić information content (AvgIpc) is 1.99. The second-order valence-corrected chi connectivity index (χ2v) is 6.12. The van der Waals surface area contributed by atoms with Gasteiger partial charge in [-0.05, 0) is 37.0 Å². The first-order valence-electron chi connectivity index (χ1n) is 5.35.